The topological polar surface area (TPSA) is 111 Å². The Morgan fingerprint density at radius 2 is 2.35 bits per heavy atom. The van der Waals surface area contributed by atoms with Crippen molar-refractivity contribution in [3.05, 3.63) is 57.7 Å². The van der Waals surface area contributed by atoms with E-state index in [4.69, 9.17) is 4.74 Å². The molecule has 1 heterocycles. The maximum atomic E-state index is 11.2. The molecule has 0 spiro atoms. The van der Waals surface area contributed by atoms with Gasteiger partial charge in [0, 0.05) is 12.4 Å². The average molecular weight is 312 g/mol. The van der Waals surface area contributed by atoms with Gasteiger partial charge in [-0.2, -0.15) is 5.26 Å². The molecule has 0 radical (unpaired) electrons. The van der Waals surface area contributed by atoms with Crippen LogP contribution in [-0.2, 0) is 6.54 Å². The zero-order valence-corrected chi connectivity index (χ0v) is 12.2. The van der Waals surface area contributed by atoms with Gasteiger partial charge in [0.05, 0.1) is 35.8 Å². The van der Waals surface area contributed by atoms with Gasteiger partial charge in [0.2, 0.25) is 0 Å². The molecule has 0 saturated heterocycles. The molecular formula is C15H12N4O4. The second-order valence-corrected chi connectivity index (χ2v) is 4.47. The van der Waals surface area contributed by atoms with Crippen LogP contribution in [0.25, 0.3) is 6.08 Å². The quantitative estimate of drug-likeness (QED) is 0.350. The highest BCUT2D eigenvalue weighted by molar-refractivity contribution is 5.71. The number of benzene rings is 1. The van der Waals surface area contributed by atoms with Crippen molar-refractivity contribution in [2.45, 2.75) is 6.54 Å². The Labute approximate surface area is 131 Å². The van der Waals surface area contributed by atoms with E-state index in [0.29, 0.717) is 6.29 Å². The van der Waals surface area contributed by atoms with Crippen molar-refractivity contribution in [1.29, 1.82) is 5.26 Å². The molecule has 0 aliphatic rings. The van der Waals surface area contributed by atoms with Crippen molar-refractivity contribution in [2.24, 2.45) is 0 Å². The van der Waals surface area contributed by atoms with E-state index in [9.17, 15) is 20.2 Å². The molecule has 23 heavy (non-hydrogen) atoms. The number of allylic oxidation sites excluding steroid dienone is 1. The van der Waals surface area contributed by atoms with Crippen LogP contribution in [0.3, 0.4) is 0 Å². The number of hydrogen-bond acceptors (Lipinski definition) is 6. The first kappa shape index (κ1) is 15.9. The second kappa shape index (κ2) is 7.00. The van der Waals surface area contributed by atoms with E-state index in [1.54, 1.807) is 12.3 Å². The van der Waals surface area contributed by atoms with Crippen molar-refractivity contribution in [3.63, 3.8) is 0 Å². The summed E-state index contributed by atoms with van der Waals surface area (Å²) in [7, 11) is 1.34. The molecule has 0 atom stereocenters. The fourth-order valence-corrected chi connectivity index (χ4v) is 2.07. The molecule has 1 aromatic carbocycles. The van der Waals surface area contributed by atoms with E-state index in [1.165, 1.54) is 36.1 Å². The van der Waals surface area contributed by atoms with Crippen LogP contribution in [-0.4, -0.2) is 27.9 Å². The Morgan fingerprint density at radius 1 is 1.57 bits per heavy atom. The van der Waals surface area contributed by atoms with Gasteiger partial charge in [0.1, 0.15) is 0 Å². The van der Waals surface area contributed by atoms with E-state index in [0.717, 1.165) is 0 Å². The number of hydrogen-bond donors (Lipinski definition) is 0. The van der Waals surface area contributed by atoms with Gasteiger partial charge in [-0.05, 0) is 18.2 Å². The van der Waals surface area contributed by atoms with Crippen molar-refractivity contribution in [1.82, 2.24) is 9.55 Å². The first-order valence-electron chi connectivity index (χ1n) is 6.49. The monoisotopic (exact) mass is 312 g/mol. The molecule has 0 aliphatic carbocycles. The number of nitrogens with zero attached hydrogens (tertiary/aromatic N) is 4. The third-order valence-corrected chi connectivity index (χ3v) is 3.10. The zero-order valence-electron chi connectivity index (χ0n) is 12.2. The number of aldehydes is 1. The average Bonchev–Trinajstić information content (AvgIpc) is 3.00. The highest BCUT2D eigenvalue weighted by Crippen LogP contribution is 2.32. The third kappa shape index (κ3) is 3.41. The van der Waals surface area contributed by atoms with Gasteiger partial charge < -0.3 is 9.30 Å². The summed E-state index contributed by atoms with van der Waals surface area (Å²) in [6, 6.07) is 6.57. The molecule has 0 fully saturated rings. The predicted octanol–water partition coefficient (Wildman–Crippen LogP) is 2.22. The van der Waals surface area contributed by atoms with Gasteiger partial charge in [0.25, 0.3) is 0 Å². The van der Waals surface area contributed by atoms with Gasteiger partial charge in [0.15, 0.2) is 17.9 Å². The Hall–Kier alpha value is -3.47. The summed E-state index contributed by atoms with van der Waals surface area (Å²) >= 11 is 0. The van der Waals surface area contributed by atoms with Crippen molar-refractivity contribution >= 4 is 18.0 Å². The number of carbonyl (C=O) groups excluding carboxylic acids is 1. The first-order chi connectivity index (χ1) is 11.1. The summed E-state index contributed by atoms with van der Waals surface area (Å²) in [6.45, 7) is 0.0823. The number of imidazole rings is 1. The number of nitro benzene ring substituents is 1. The fourth-order valence-electron chi connectivity index (χ4n) is 2.07. The molecule has 116 valence electrons. The van der Waals surface area contributed by atoms with Crippen LogP contribution in [0, 0.1) is 21.4 Å². The molecule has 0 unspecified atom stereocenters. The summed E-state index contributed by atoms with van der Waals surface area (Å²) in [5.74, 6) is 0.281. The minimum atomic E-state index is -0.562. The minimum Gasteiger partial charge on any atom is -0.490 e. The molecule has 8 heteroatoms. The molecule has 0 aliphatic heterocycles. The zero-order chi connectivity index (χ0) is 16.8. The van der Waals surface area contributed by atoms with Crippen molar-refractivity contribution in [3.8, 4) is 11.8 Å². The maximum absolute atomic E-state index is 11.2. The van der Waals surface area contributed by atoms with E-state index in [-0.39, 0.29) is 34.9 Å². The summed E-state index contributed by atoms with van der Waals surface area (Å²) < 4.78 is 6.47. The number of nitriles is 1. The summed E-state index contributed by atoms with van der Waals surface area (Å²) in [5.41, 5.74) is 0.269. The number of nitro groups is 1. The summed E-state index contributed by atoms with van der Waals surface area (Å²) in [4.78, 5) is 25.4. The van der Waals surface area contributed by atoms with Gasteiger partial charge >= 0.3 is 5.69 Å². The Morgan fingerprint density at radius 3 is 2.96 bits per heavy atom. The number of ether oxygens (including phenoxy) is 1. The molecule has 2 rings (SSSR count). The van der Waals surface area contributed by atoms with Crippen LogP contribution in [0.1, 0.15) is 16.2 Å². The van der Waals surface area contributed by atoms with Crippen LogP contribution in [0.2, 0.25) is 0 Å². The van der Waals surface area contributed by atoms with Gasteiger partial charge in [-0.25, -0.2) is 4.98 Å². The minimum absolute atomic E-state index is 0.0823. The van der Waals surface area contributed by atoms with Gasteiger partial charge in [-0.3, -0.25) is 14.9 Å². The van der Waals surface area contributed by atoms with Gasteiger partial charge in [-0.15, -0.1) is 0 Å². The number of para-hydroxylation sites is 1. The van der Waals surface area contributed by atoms with Crippen molar-refractivity contribution in [2.75, 3.05) is 7.11 Å². The molecule has 0 saturated carbocycles. The number of methoxy groups -OCH3 is 1. The normalized spacial score (nSPS) is 10.9. The number of carbonyl (C=O) groups is 1. The summed E-state index contributed by atoms with van der Waals surface area (Å²) in [5, 5.41) is 20.5. The smallest absolute Gasteiger partial charge is 0.318 e. The third-order valence-electron chi connectivity index (χ3n) is 3.10. The predicted molar refractivity (Wildman–Crippen MR) is 80.9 cm³/mol. The van der Waals surface area contributed by atoms with E-state index in [2.05, 4.69) is 4.98 Å². The summed E-state index contributed by atoms with van der Waals surface area (Å²) in [6.07, 6.45) is 4.96. The van der Waals surface area contributed by atoms with Crippen LogP contribution in [0.15, 0.2) is 36.2 Å². The molecule has 0 amide bonds. The molecule has 2 aromatic rings. The Kier molecular flexibility index (Phi) is 4.84. The largest absolute Gasteiger partial charge is 0.490 e. The lowest BCUT2D eigenvalue weighted by Crippen LogP contribution is -2.04. The lowest BCUT2D eigenvalue weighted by atomic mass is 10.1. The molecule has 8 nitrogen and oxygen atoms in total. The molecular weight excluding hydrogens is 300 g/mol. The number of rotatable bonds is 6. The highest BCUT2D eigenvalue weighted by Gasteiger charge is 2.19. The van der Waals surface area contributed by atoms with E-state index >= 15 is 0 Å². The number of aromatic nitrogens is 2. The maximum Gasteiger partial charge on any atom is 0.318 e. The SMILES string of the molecule is COc1cccc(/C=C(\C#N)Cn2ccnc2C=O)c1[N+](=O)[O-]. The first-order valence-corrected chi connectivity index (χ1v) is 6.49. The molecule has 0 bridgehead atoms. The van der Waals surface area contributed by atoms with Gasteiger partial charge in [-0.1, -0.05) is 6.07 Å². The Balaban J connectivity index is 2.45. The lowest BCUT2D eigenvalue weighted by molar-refractivity contribution is -0.386. The van der Waals surface area contributed by atoms with E-state index < -0.39 is 4.92 Å². The fraction of sp³-hybridized carbons (Fsp3) is 0.133. The van der Waals surface area contributed by atoms with Crippen molar-refractivity contribution < 1.29 is 14.5 Å². The van der Waals surface area contributed by atoms with Crippen LogP contribution < -0.4 is 4.74 Å². The van der Waals surface area contributed by atoms with Crippen LogP contribution in [0.5, 0.6) is 5.75 Å². The highest BCUT2D eigenvalue weighted by atomic mass is 16.6. The lowest BCUT2D eigenvalue weighted by Gasteiger charge is -2.06. The van der Waals surface area contributed by atoms with Crippen LogP contribution >= 0.6 is 0 Å². The molecule has 0 N–H and O–H groups in total. The second-order valence-electron chi connectivity index (χ2n) is 4.47. The Bertz CT molecular complexity index is 817. The van der Waals surface area contributed by atoms with E-state index in [1.807, 2.05) is 6.07 Å². The van der Waals surface area contributed by atoms with Crippen LogP contribution in [0.4, 0.5) is 5.69 Å². The molecule has 1 aromatic heterocycles. The standard InChI is InChI=1S/C15H12N4O4/c1-23-13-4-2-3-12(15(13)19(21)22)7-11(8-16)9-18-6-5-17-14(18)10-20/h2-7,10H,9H2,1H3/b11-7+.